The first-order valence-electron chi connectivity index (χ1n) is 7.44. The molecule has 0 fully saturated rings. The monoisotopic (exact) mass is 314 g/mol. The molecule has 0 aliphatic heterocycles. The second-order valence-electron chi connectivity index (χ2n) is 4.65. The summed E-state index contributed by atoms with van der Waals surface area (Å²) in [6, 6.07) is 0. The van der Waals surface area contributed by atoms with Gasteiger partial charge >= 0.3 is 0 Å². The molecule has 0 radical (unpaired) electrons. The molecular weight excluding hydrogens is 292 g/mol. The minimum atomic E-state index is -0.0802. The van der Waals surface area contributed by atoms with Gasteiger partial charge in [0.25, 0.3) is 0 Å². The fourth-order valence-electron chi connectivity index (χ4n) is 1.24. The maximum Gasteiger partial charge on any atom is 0.178 e. The van der Waals surface area contributed by atoms with Crippen LogP contribution in [0.5, 0.6) is 0 Å². The quantitative estimate of drug-likeness (QED) is 0.348. The van der Waals surface area contributed by atoms with Crippen LogP contribution in [0.2, 0.25) is 0 Å². The third-order valence-electron chi connectivity index (χ3n) is 2.56. The molecule has 0 aromatic rings. The van der Waals surface area contributed by atoms with E-state index >= 15 is 0 Å². The molecule has 0 aromatic heterocycles. The highest BCUT2D eigenvalue weighted by Crippen LogP contribution is 1.91. The Morgan fingerprint density at radius 1 is 0.625 bits per heavy atom. The highest BCUT2D eigenvalue weighted by molar-refractivity contribution is 5.99. The summed E-state index contributed by atoms with van der Waals surface area (Å²) in [5.41, 5.74) is 1.72. The zero-order chi connectivity index (χ0) is 18.0. The molecular formula is C23H22O. The highest BCUT2D eigenvalue weighted by atomic mass is 16.1. The van der Waals surface area contributed by atoms with E-state index in [2.05, 4.69) is 11.8 Å². The summed E-state index contributed by atoms with van der Waals surface area (Å²) in [5.74, 6) is 4.97. The minimum absolute atomic E-state index is 0.0802. The van der Waals surface area contributed by atoms with Crippen LogP contribution in [0.25, 0.3) is 0 Å². The molecule has 0 spiro atoms. The van der Waals surface area contributed by atoms with Gasteiger partial charge in [0, 0.05) is 0 Å². The Labute approximate surface area is 145 Å². The fraction of sp³-hybridized carbons (Fsp3) is 0.0870. The van der Waals surface area contributed by atoms with Gasteiger partial charge in [-0.3, -0.25) is 4.79 Å². The molecule has 0 amide bonds. The second-order valence-corrected chi connectivity index (χ2v) is 4.65. The molecule has 1 nitrogen and oxygen atoms in total. The van der Waals surface area contributed by atoms with E-state index in [-0.39, 0.29) is 5.78 Å². The normalized spacial score (nSPS) is 13.8. The molecule has 24 heavy (non-hydrogen) atoms. The Morgan fingerprint density at radius 2 is 0.958 bits per heavy atom. The first kappa shape index (κ1) is 20.7. The smallest absolute Gasteiger partial charge is 0.178 e. The van der Waals surface area contributed by atoms with Crippen molar-refractivity contribution < 1.29 is 4.79 Å². The van der Waals surface area contributed by atoms with Crippen LogP contribution in [0.1, 0.15) is 13.8 Å². The van der Waals surface area contributed by atoms with Crippen LogP contribution in [-0.4, -0.2) is 5.78 Å². The van der Waals surface area contributed by atoms with Crippen molar-refractivity contribution in [1.82, 2.24) is 0 Å². The Hall–Kier alpha value is -3.29. The standard InChI is InChI=1S/C23H22O/c1-5-21(3)17-13-9-7-11-15-19-23(24)20-16-12-8-10-14-18-22(4)6-2/h1-2,7-20H,3-4H3/b11-7+,12-8+,13-9+,14-10+,19-15+,20-16+,21-17-,22-18-. The summed E-state index contributed by atoms with van der Waals surface area (Å²) in [7, 11) is 0. The zero-order valence-electron chi connectivity index (χ0n) is 14.1. The SMILES string of the molecule is C#C\C(C)=C/C=C/C=C/C=C/C(=O)/C=C/C=C/C=C/C=C(/C)C#C. The average molecular weight is 314 g/mol. The number of rotatable bonds is 8. The van der Waals surface area contributed by atoms with Crippen molar-refractivity contribution in [3.8, 4) is 24.7 Å². The van der Waals surface area contributed by atoms with Gasteiger partial charge in [-0.15, -0.1) is 12.8 Å². The third kappa shape index (κ3) is 13.7. The molecule has 0 atom stereocenters. The molecule has 0 saturated carbocycles. The van der Waals surface area contributed by atoms with E-state index in [0.29, 0.717) is 0 Å². The lowest BCUT2D eigenvalue weighted by Gasteiger charge is -1.81. The molecule has 120 valence electrons. The van der Waals surface area contributed by atoms with E-state index in [0.717, 1.165) is 11.1 Å². The molecule has 0 bridgehead atoms. The van der Waals surface area contributed by atoms with E-state index in [9.17, 15) is 4.79 Å². The van der Waals surface area contributed by atoms with E-state index in [4.69, 9.17) is 12.8 Å². The zero-order valence-corrected chi connectivity index (χ0v) is 14.1. The first-order chi connectivity index (χ1) is 11.6. The first-order valence-corrected chi connectivity index (χ1v) is 7.44. The highest BCUT2D eigenvalue weighted by Gasteiger charge is 1.83. The maximum absolute atomic E-state index is 11.5. The van der Waals surface area contributed by atoms with E-state index in [1.807, 2.05) is 62.5 Å². The summed E-state index contributed by atoms with van der Waals surface area (Å²) in [4.78, 5) is 11.5. The van der Waals surface area contributed by atoms with Crippen LogP contribution >= 0.6 is 0 Å². The Morgan fingerprint density at radius 3 is 1.33 bits per heavy atom. The van der Waals surface area contributed by atoms with Gasteiger partial charge in [-0.25, -0.2) is 0 Å². The van der Waals surface area contributed by atoms with E-state index in [1.54, 1.807) is 24.3 Å². The van der Waals surface area contributed by atoms with E-state index in [1.165, 1.54) is 12.2 Å². The summed E-state index contributed by atoms with van der Waals surface area (Å²) < 4.78 is 0. The average Bonchev–Trinajstić information content (AvgIpc) is 2.59. The second kappa shape index (κ2) is 14.6. The molecule has 0 N–H and O–H groups in total. The van der Waals surface area contributed by atoms with Gasteiger partial charge in [-0.1, -0.05) is 84.8 Å². The van der Waals surface area contributed by atoms with Crippen molar-refractivity contribution in [1.29, 1.82) is 0 Å². The lowest BCUT2D eigenvalue weighted by Crippen LogP contribution is -1.82. The Balaban J connectivity index is 4.22. The van der Waals surface area contributed by atoms with Crippen molar-refractivity contribution in [2.45, 2.75) is 13.8 Å². The lowest BCUT2D eigenvalue weighted by molar-refractivity contribution is -0.110. The minimum Gasteiger partial charge on any atom is -0.290 e. The van der Waals surface area contributed by atoms with Crippen molar-refractivity contribution >= 4 is 5.78 Å². The lowest BCUT2D eigenvalue weighted by atomic mass is 10.2. The van der Waals surface area contributed by atoms with Gasteiger partial charge in [-0.2, -0.15) is 0 Å². The summed E-state index contributed by atoms with van der Waals surface area (Å²) >= 11 is 0. The van der Waals surface area contributed by atoms with Crippen molar-refractivity contribution in [2.24, 2.45) is 0 Å². The molecule has 0 rings (SSSR count). The number of carbonyl (C=O) groups is 1. The van der Waals surface area contributed by atoms with Crippen LogP contribution in [0.15, 0.2) is 96.2 Å². The number of allylic oxidation sites excluding steroid dienone is 16. The predicted molar refractivity (Wildman–Crippen MR) is 105 cm³/mol. The van der Waals surface area contributed by atoms with Gasteiger partial charge in [0.15, 0.2) is 5.78 Å². The van der Waals surface area contributed by atoms with Crippen LogP contribution in [0.4, 0.5) is 0 Å². The Kier molecular flexibility index (Phi) is 12.6. The summed E-state index contributed by atoms with van der Waals surface area (Å²) in [6.45, 7) is 3.72. The Bertz CT molecular complexity index is 653. The largest absolute Gasteiger partial charge is 0.290 e. The van der Waals surface area contributed by atoms with Crippen molar-refractivity contribution in [3.63, 3.8) is 0 Å². The number of carbonyl (C=O) groups excluding carboxylic acids is 1. The van der Waals surface area contributed by atoms with Crippen molar-refractivity contribution in [3.05, 3.63) is 96.2 Å². The summed E-state index contributed by atoms with van der Waals surface area (Å²) in [6.07, 6.45) is 35.1. The van der Waals surface area contributed by atoms with Gasteiger partial charge < -0.3 is 0 Å². The molecule has 0 aromatic carbocycles. The molecule has 0 aliphatic rings. The van der Waals surface area contributed by atoms with Gasteiger partial charge in [0.2, 0.25) is 0 Å². The van der Waals surface area contributed by atoms with Gasteiger partial charge in [0.1, 0.15) is 0 Å². The fourth-order valence-corrected chi connectivity index (χ4v) is 1.24. The van der Waals surface area contributed by atoms with Crippen LogP contribution in [-0.2, 0) is 4.79 Å². The molecule has 0 aliphatic carbocycles. The number of ketones is 1. The van der Waals surface area contributed by atoms with E-state index < -0.39 is 0 Å². The summed E-state index contributed by atoms with van der Waals surface area (Å²) in [5, 5.41) is 0. The number of hydrogen-bond donors (Lipinski definition) is 0. The van der Waals surface area contributed by atoms with Crippen molar-refractivity contribution in [2.75, 3.05) is 0 Å². The molecule has 0 saturated heterocycles. The van der Waals surface area contributed by atoms with Gasteiger partial charge in [0.05, 0.1) is 0 Å². The van der Waals surface area contributed by atoms with Crippen LogP contribution in [0.3, 0.4) is 0 Å². The number of terminal acetylenes is 2. The third-order valence-corrected chi connectivity index (χ3v) is 2.56. The predicted octanol–water partition coefficient (Wildman–Crippen LogP) is 5.05. The number of hydrogen-bond acceptors (Lipinski definition) is 1. The molecule has 0 unspecified atom stereocenters. The molecule has 1 heteroatoms. The maximum atomic E-state index is 11.5. The van der Waals surface area contributed by atoms with Gasteiger partial charge in [-0.05, 0) is 37.1 Å². The molecule has 0 heterocycles. The van der Waals surface area contributed by atoms with Crippen LogP contribution in [0, 0.1) is 24.7 Å². The topological polar surface area (TPSA) is 17.1 Å². The van der Waals surface area contributed by atoms with Crippen LogP contribution < -0.4 is 0 Å².